The molecule has 1 saturated carbocycles. The Morgan fingerprint density at radius 1 is 1.20 bits per heavy atom. The number of benzene rings is 1. The molecule has 0 radical (unpaired) electrons. The van der Waals surface area contributed by atoms with Gasteiger partial charge in [0.05, 0.1) is 0 Å². The van der Waals surface area contributed by atoms with Crippen LogP contribution in [0.2, 0.25) is 0 Å². The van der Waals surface area contributed by atoms with E-state index in [1.807, 2.05) is 0 Å². The van der Waals surface area contributed by atoms with E-state index in [1.54, 1.807) is 0 Å². The standard InChI is InChI=1S/C18H27NO/c1-2-11-19-18(15-7-8-15)13-20-17-10-9-14-5-3-4-6-16(14)12-17/h9-10,12,15,18-19H,2-8,11,13H2,1H3. The third-order valence-corrected chi connectivity index (χ3v) is 4.60. The lowest BCUT2D eigenvalue weighted by Crippen LogP contribution is -2.37. The molecule has 2 nitrogen and oxygen atoms in total. The van der Waals surface area contributed by atoms with Gasteiger partial charge in [-0.3, -0.25) is 0 Å². The van der Waals surface area contributed by atoms with E-state index < -0.39 is 0 Å². The third kappa shape index (κ3) is 3.54. The molecule has 0 aliphatic heterocycles. The summed E-state index contributed by atoms with van der Waals surface area (Å²) in [5, 5.41) is 3.64. The Hall–Kier alpha value is -1.02. The fourth-order valence-electron chi connectivity index (χ4n) is 3.18. The van der Waals surface area contributed by atoms with Crippen LogP contribution in [0.4, 0.5) is 0 Å². The molecule has 2 aliphatic rings. The van der Waals surface area contributed by atoms with E-state index in [9.17, 15) is 0 Å². The number of hydrogen-bond donors (Lipinski definition) is 1. The van der Waals surface area contributed by atoms with Crippen LogP contribution in [0.15, 0.2) is 18.2 Å². The molecule has 0 saturated heterocycles. The number of hydrogen-bond acceptors (Lipinski definition) is 2. The second-order valence-electron chi connectivity index (χ2n) is 6.35. The average Bonchev–Trinajstić information content (AvgIpc) is 3.32. The van der Waals surface area contributed by atoms with Crippen LogP contribution in [0, 0.1) is 5.92 Å². The highest BCUT2D eigenvalue weighted by Crippen LogP contribution is 2.33. The summed E-state index contributed by atoms with van der Waals surface area (Å²) < 4.78 is 6.07. The molecule has 0 amide bonds. The van der Waals surface area contributed by atoms with Crippen LogP contribution in [0.5, 0.6) is 5.75 Å². The van der Waals surface area contributed by atoms with Gasteiger partial charge in [0.2, 0.25) is 0 Å². The fourth-order valence-corrected chi connectivity index (χ4v) is 3.18. The summed E-state index contributed by atoms with van der Waals surface area (Å²) in [6.07, 6.45) is 9.09. The van der Waals surface area contributed by atoms with Crippen molar-refractivity contribution in [2.45, 2.75) is 57.9 Å². The highest BCUT2D eigenvalue weighted by Gasteiger charge is 2.31. The summed E-state index contributed by atoms with van der Waals surface area (Å²) >= 11 is 0. The Bertz CT molecular complexity index is 439. The molecule has 0 aromatic heterocycles. The third-order valence-electron chi connectivity index (χ3n) is 4.60. The predicted molar refractivity (Wildman–Crippen MR) is 83.4 cm³/mol. The number of fused-ring (bicyclic) bond motifs is 1. The van der Waals surface area contributed by atoms with Crippen LogP contribution in [0.25, 0.3) is 0 Å². The summed E-state index contributed by atoms with van der Waals surface area (Å²) in [6.45, 7) is 4.15. The Labute approximate surface area is 122 Å². The molecule has 1 fully saturated rings. The van der Waals surface area contributed by atoms with Gasteiger partial charge >= 0.3 is 0 Å². The molecular formula is C18H27NO. The Morgan fingerprint density at radius 3 is 2.75 bits per heavy atom. The molecule has 1 N–H and O–H groups in total. The maximum absolute atomic E-state index is 6.07. The molecule has 1 atom stereocenters. The first-order chi connectivity index (χ1) is 9.86. The van der Waals surface area contributed by atoms with Crippen molar-refractivity contribution in [3.8, 4) is 5.75 Å². The maximum atomic E-state index is 6.07. The van der Waals surface area contributed by atoms with Crippen LogP contribution in [-0.2, 0) is 12.8 Å². The summed E-state index contributed by atoms with van der Waals surface area (Å²) in [5.41, 5.74) is 3.05. The molecule has 110 valence electrons. The van der Waals surface area contributed by atoms with Gasteiger partial charge in [0.1, 0.15) is 12.4 Å². The van der Waals surface area contributed by atoms with Crippen LogP contribution in [0.1, 0.15) is 50.2 Å². The van der Waals surface area contributed by atoms with E-state index in [0.717, 1.165) is 24.8 Å². The number of aryl methyl sites for hydroxylation is 2. The van der Waals surface area contributed by atoms with Gasteiger partial charge in [-0.25, -0.2) is 0 Å². The van der Waals surface area contributed by atoms with E-state index in [4.69, 9.17) is 4.74 Å². The van der Waals surface area contributed by atoms with Crippen molar-refractivity contribution < 1.29 is 4.74 Å². The molecule has 20 heavy (non-hydrogen) atoms. The maximum Gasteiger partial charge on any atom is 0.119 e. The van der Waals surface area contributed by atoms with Crippen molar-refractivity contribution in [3.05, 3.63) is 29.3 Å². The van der Waals surface area contributed by atoms with E-state index in [1.165, 1.54) is 56.1 Å². The van der Waals surface area contributed by atoms with Gasteiger partial charge in [-0.1, -0.05) is 13.0 Å². The lowest BCUT2D eigenvalue weighted by Gasteiger charge is -2.20. The largest absolute Gasteiger partial charge is 0.492 e. The van der Waals surface area contributed by atoms with Crippen LogP contribution < -0.4 is 10.1 Å². The summed E-state index contributed by atoms with van der Waals surface area (Å²) in [4.78, 5) is 0. The van der Waals surface area contributed by atoms with Crippen molar-refractivity contribution in [2.75, 3.05) is 13.2 Å². The smallest absolute Gasteiger partial charge is 0.119 e. The van der Waals surface area contributed by atoms with E-state index in [2.05, 4.69) is 30.4 Å². The quantitative estimate of drug-likeness (QED) is 0.817. The lowest BCUT2D eigenvalue weighted by molar-refractivity contribution is 0.249. The summed E-state index contributed by atoms with van der Waals surface area (Å²) in [7, 11) is 0. The molecule has 2 heteroatoms. The molecule has 0 spiro atoms. The van der Waals surface area contributed by atoms with Crippen LogP contribution in [0.3, 0.4) is 0 Å². The van der Waals surface area contributed by atoms with Crippen molar-refractivity contribution in [1.82, 2.24) is 5.32 Å². The van der Waals surface area contributed by atoms with Gasteiger partial charge in [-0.05, 0) is 80.7 Å². The van der Waals surface area contributed by atoms with E-state index in [0.29, 0.717) is 6.04 Å². The zero-order valence-electron chi connectivity index (χ0n) is 12.7. The van der Waals surface area contributed by atoms with Crippen molar-refractivity contribution in [2.24, 2.45) is 5.92 Å². The SMILES string of the molecule is CCCNC(COc1ccc2c(c1)CCCC2)C1CC1. The molecule has 0 bridgehead atoms. The zero-order chi connectivity index (χ0) is 13.8. The second kappa shape index (κ2) is 6.62. The summed E-state index contributed by atoms with van der Waals surface area (Å²) in [6, 6.07) is 7.26. The van der Waals surface area contributed by atoms with E-state index in [-0.39, 0.29) is 0 Å². The van der Waals surface area contributed by atoms with Gasteiger partial charge in [-0.15, -0.1) is 0 Å². The second-order valence-corrected chi connectivity index (χ2v) is 6.35. The number of ether oxygens (including phenoxy) is 1. The first-order valence-corrected chi connectivity index (χ1v) is 8.35. The minimum atomic E-state index is 0.547. The lowest BCUT2D eigenvalue weighted by atomic mass is 9.92. The van der Waals surface area contributed by atoms with Crippen LogP contribution >= 0.6 is 0 Å². The van der Waals surface area contributed by atoms with Crippen molar-refractivity contribution in [3.63, 3.8) is 0 Å². The van der Waals surface area contributed by atoms with E-state index >= 15 is 0 Å². The first-order valence-electron chi connectivity index (χ1n) is 8.35. The monoisotopic (exact) mass is 273 g/mol. The average molecular weight is 273 g/mol. The molecule has 2 aliphatic carbocycles. The van der Waals surface area contributed by atoms with Crippen LogP contribution in [-0.4, -0.2) is 19.2 Å². The van der Waals surface area contributed by atoms with Gasteiger partial charge in [-0.2, -0.15) is 0 Å². The van der Waals surface area contributed by atoms with Gasteiger partial charge in [0, 0.05) is 6.04 Å². The molecule has 1 unspecified atom stereocenters. The Kier molecular flexibility index (Phi) is 4.62. The van der Waals surface area contributed by atoms with Gasteiger partial charge < -0.3 is 10.1 Å². The van der Waals surface area contributed by atoms with Gasteiger partial charge in [0.15, 0.2) is 0 Å². The Morgan fingerprint density at radius 2 is 2.00 bits per heavy atom. The predicted octanol–water partition coefficient (Wildman–Crippen LogP) is 3.72. The van der Waals surface area contributed by atoms with Crippen molar-refractivity contribution >= 4 is 0 Å². The molecule has 1 aromatic carbocycles. The fraction of sp³-hybridized carbons (Fsp3) is 0.667. The van der Waals surface area contributed by atoms with Gasteiger partial charge in [0.25, 0.3) is 0 Å². The molecular weight excluding hydrogens is 246 g/mol. The Balaban J connectivity index is 1.56. The number of nitrogens with one attached hydrogen (secondary N) is 1. The highest BCUT2D eigenvalue weighted by molar-refractivity contribution is 5.37. The highest BCUT2D eigenvalue weighted by atomic mass is 16.5. The summed E-state index contributed by atoms with van der Waals surface area (Å²) in [5.74, 6) is 1.91. The van der Waals surface area contributed by atoms with Crippen molar-refractivity contribution in [1.29, 1.82) is 0 Å². The molecule has 1 aromatic rings. The minimum Gasteiger partial charge on any atom is -0.492 e. The topological polar surface area (TPSA) is 21.3 Å². The molecule has 0 heterocycles. The normalized spacial score (nSPS) is 19.4. The zero-order valence-corrected chi connectivity index (χ0v) is 12.7. The minimum absolute atomic E-state index is 0.547. The molecule has 3 rings (SSSR count). The number of rotatable bonds is 7. The first kappa shape index (κ1) is 13.9.